The molecule has 1 saturated carbocycles. The third-order valence-electron chi connectivity index (χ3n) is 7.24. The van der Waals surface area contributed by atoms with E-state index in [1.54, 1.807) is 0 Å². The van der Waals surface area contributed by atoms with Gasteiger partial charge in [-0.25, -0.2) is 0 Å². The number of hydrogen-bond acceptors (Lipinski definition) is 3. The predicted octanol–water partition coefficient (Wildman–Crippen LogP) is 7.27. The minimum absolute atomic E-state index is 0.605. The average molecular weight is 443 g/mol. The van der Waals surface area contributed by atoms with Crippen LogP contribution in [-0.4, -0.2) is 30.0 Å². The largest absolute Gasteiger partial charge is 0.382 e. The van der Waals surface area contributed by atoms with Crippen molar-refractivity contribution in [3.05, 3.63) is 54.1 Å². The number of aromatic amines is 1. The molecule has 0 unspecified atom stereocenters. The van der Waals surface area contributed by atoms with Gasteiger partial charge in [-0.3, -0.25) is 4.99 Å². The number of H-pyrrole nitrogens is 1. The Kier molecular flexibility index (Phi) is 7.30. The molecule has 1 aliphatic carbocycles. The van der Waals surface area contributed by atoms with Crippen molar-refractivity contribution in [3.63, 3.8) is 0 Å². The van der Waals surface area contributed by atoms with Gasteiger partial charge in [0.05, 0.1) is 6.54 Å². The summed E-state index contributed by atoms with van der Waals surface area (Å²) in [4.78, 5) is 8.14. The van der Waals surface area contributed by atoms with Crippen LogP contribution < -0.4 is 10.6 Å². The standard InChI is InChI=1S/C29H38N4/c1-2-4-6-8-10-25(11-9-7-5-3-1)32-26-15-12-22(13-16-26)28-21-24-20-23(14-17-27(24)33-28)29-30-18-19-31-29/h12-17,20-21,25,32-33H,1-11,18-19H2,(H,30,31). The SMILES string of the molecule is c1cc(-c2cc3cc(C4=NCCN4)ccc3[nH]2)ccc1NC1CCCCCCCCCCC1. The highest BCUT2D eigenvalue weighted by Crippen LogP contribution is 2.27. The normalized spacial score (nSPS) is 18.8. The zero-order valence-electron chi connectivity index (χ0n) is 19.8. The molecule has 2 aromatic carbocycles. The number of fused-ring (bicyclic) bond motifs is 1. The Morgan fingerprint density at radius 2 is 1.39 bits per heavy atom. The molecule has 0 bridgehead atoms. The summed E-state index contributed by atoms with van der Waals surface area (Å²) in [5, 5.41) is 8.45. The molecule has 5 rings (SSSR count). The lowest BCUT2D eigenvalue weighted by Gasteiger charge is -2.21. The lowest BCUT2D eigenvalue weighted by atomic mass is 9.97. The summed E-state index contributed by atoms with van der Waals surface area (Å²) in [5.41, 5.74) is 5.99. The van der Waals surface area contributed by atoms with Crippen molar-refractivity contribution in [2.75, 3.05) is 18.4 Å². The van der Waals surface area contributed by atoms with E-state index in [1.165, 1.54) is 104 Å². The number of nitrogens with zero attached hydrogens (tertiary/aromatic N) is 1. The molecule has 4 heteroatoms. The van der Waals surface area contributed by atoms with E-state index in [1.807, 2.05) is 0 Å². The first-order valence-corrected chi connectivity index (χ1v) is 13.1. The fourth-order valence-corrected chi connectivity index (χ4v) is 5.32. The Bertz CT molecular complexity index is 1050. The van der Waals surface area contributed by atoms with Gasteiger partial charge in [0.15, 0.2) is 0 Å². The van der Waals surface area contributed by atoms with Gasteiger partial charge in [-0.05, 0) is 54.8 Å². The molecule has 4 nitrogen and oxygen atoms in total. The molecule has 0 saturated heterocycles. The van der Waals surface area contributed by atoms with Crippen LogP contribution >= 0.6 is 0 Å². The first-order chi connectivity index (χ1) is 16.3. The maximum absolute atomic E-state index is 4.55. The summed E-state index contributed by atoms with van der Waals surface area (Å²) < 4.78 is 0. The van der Waals surface area contributed by atoms with Crippen LogP contribution in [0.5, 0.6) is 0 Å². The van der Waals surface area contributed by atoms with Gasteiger partial charge >= 0.3 is 0 Å². The molecular weight excluding hydrogens is 404 g/mol. The van der Waals surface area contributed by atoms with Gasteiger partial charge in [-0.1, -0.05) is 69.9 Å². The number of rotatable bonds is 4. The van der Waals surface area contributed by atoms with E-state index in [9.17, 15) is 0 Å². The minimum atomic E-state index is 0.605. The third kappa shape index (κ3) is 5.79. The highest BCUT2D eigenvalue weighted by atomic mass is 15.1. The first-order valence-electron chi connectivity index (χ1n) is 13.1. The van der Waals surface area contributed by atoms with Gasteiger partial charge in [0, 0.05) is 40.4 Å². The van der Waals surface area contributed by atoms with Gasteiger partial charge in [-0.15, -0.1) is 0 Å². The van der Waals surface area contributed by atoms with E-state index in [2.05, 4.69) is 69.1 Å². The van der Waals surface area contributed by atoms with Gasteiger partial charge < -0.3 is 15.6 Å². The number of benzene rings is 2. The number of aliphatic imine (C=N–C) groups is 1. The van der Waals surface area contributed by atoms with Crippen LogP contribution in [0.4, 0.5) is 5.69 Å². The molecule has 0 spiro atoms. The second-order valence-corrected chi connectivity index (χ2v) is 9.82. The van der Waals surface area contributed by atoms with Crippen LogP contribution in [0, 0.1) is 0 Å². The van der Waals surface area contributed by atoms with E-state index >= 15 is 0 Å². The molecule has 3 N–H and O–H groups in total. The van der Waals surface area contributed by atoms with Crippen molar-refractivity contribution in [1.29, 1.82) is 0 Å². The van der Waals surface area contributed by atoms with E-state index in [0.717, 1.165) is 18.9 Å². The first kappa shape index (κ1) is 22.1. The lowest BCUT2D eigenvalue weighted by Crippen LogP contribution is -2.19. The van der Waals surface area contributed by atoms with Crippen LogP contribution in [0.1, 0.15) is 76.2 Å². The van der Waals surface area contributed by atoms with Crippen LogP contribution in [0.25, 0.3) is 22.2 Å². The second kappa shape index (κ2) is 10.9. The van der Waals surface area contributed by atoms with E-state index in [4.69, 9.17) is 0 Å². The van der Waals surface area contributed by atoms with Gasteiger partial charge in [-0.2, -0.15) is 0 Å². The van der Waals surface area contributed by atoms with Crippen LogP contribution in [0.15, 0.2) is 53.5 Å². The maximum Gasteiger partial charge on any atom is 0.128 e. The Balaban J connectivity index is 1.25. The van der Waals surface area contributed by atoms with Gasteiger partial charge in [0.25, 0.3) is 0 Å². The Hall–Kier alpha value is -2.75. The zero-order chi connectivity index (χ0) is 22.3. The van der Waals surface area contributed by atoms with Crippen molar-refractivity contribution < 1.29 is 0 Å². The molecule has 3 aromatic rings. The van der Waals surface area contributed by atoms with Crippen molar-refractivity contribution in [3.8, 4) is 11.3 Å². The Labute approximate surface area is 198 Å². The quantitative estimate of drug-likeness (QED) is 0.398. The maximum atomic E-state index is 4.55. The fourth-order valence-electron chi connectivity index (χ4n) is 5.32. The van der Waals surface area contributed by atoms with Crippen molar-refractivity contribution in [2.45, 2.75) is 76.7 Å². The second-order valence-electron chi connectivity index (χ2n) is 9.82. The molecular formula is C29H38N4. The molecule has 1 aliphatic heterocycles. The molecule has 0 atom stereocenters. The smallest absolute Gasteiger partial charge is 0.128 e. The summed E-state index contributed by atoms with van der Waals surface area (Å²) in [7, 11) is 0. The zero-order valence-corrected chi connectivity index (χ0v) is 19.8. The molecule has 0 radical (unpaired) electrons. The highest BCUT2D eigenvalue weighted by Gasteiger charge is 2.12. The van der Waals surface area contributed by atoms with Crippen molar-refractivity contribution in [2.24, 2.45) is 4.99 Å². The topological polar surface area (TPSA) is 52.2 Å². The van der Waals surface area contributed by atoms with Crippen LogP contribution in [0.3, 0.4) is 0 Å². The van der Waals surface area contributed by atoms with E-state index < -0.39 is 0 Å². The van der Waals surface area contributed by atoms with Crippen molar-refractivity contribution >= 4 is 22.4 Å². The van der Waals surface area contributed by atoms with Crippen LogP contribution in [-0.2, 0) is 0 Å². The number of nitrogens with one attached hydrogen (secondary N) is 3. The molecule has 1 aromatic heterocycles. The van der Waals surface area contributed by atoms with E-state index in [0.29, 0.717) is 6.04 Å². The number of anilines is 1. The number of amidine groups is 1. The third-order valence-corrected chi connectivity index (χ3v) is 7.24. The minimum Gasteiger partial charge on any atom is -0.382 e. The molecule has 2 aliphatic rings. The lowest BCUT2D eigenvalue weighted by molar-refractivity contribution is 0.480. The molecule has 1 fully saturated rings. The number of hydrogen-bond donors (Lipinski definition) is 3. The molecule has 33 heavy (non-hydrogen) atoms. The number of aromatic nitrogens is 1. The van der Waals surface area contributed by atoms with Crippen molar-refractivity contribution in [1.82, 2.24) is 10.3 Å². The van der Waals surface area contributed by atoms with E-state index in [-0.39, 0.29) is 0 Å². The fraction of sp³-hybridized carbons (Fsp3) is 0.483. The predicted molar refractivity (Wildman–Crippen MR) is 141 cm³/mol. The highest BCUT2D eigenvalue weighted by molar-refractivity contribution is 6.03. The monoisotopic (exact) mass is 442 g/mol. The summed E-state index contributed by atoms with van der Waals surface area (Å²) in [6.45, 7) is 1.81. The summed E-state index contributed by atoms with van der Waals surface area (Å²) in [6, 6.07) is 18.4. The molecule has 2 heterocycles. The molecule has 0 amide bonds. The summed E-state index contributed by atoms with van der Waals surface area (Å²) >= 11 is 0. The Morgan fingerprint density at radius 1 is 0.727 bits per heavy atom. The Morgan fingerprint density at radius 3 is 2.06 bits per heavy atom. The van der Waals surface area contributed by atoms with Gasteiger partial charge in [0.1, 0.15) is 5.84 Å². The summed E-state index contributed by atoms with van der Waals surface area (Å²) in [6.07, 6.45) is 15.2. The molecule has 174 valence electrons. The average Bonchev–Trinajstić information content (AvgIpc) is 3.51. The summed E-state index contributed by atoms with van der Waals surface area (Å²) in [5.74, 6) is 1.02. The van der Waals surface area contributed by atoms with Gasteiger partial charge in [0.2, 0.25) is 0 Å². The van der Waals surface area contributed by atoms with Crippen LogP contribution in [0.2, 0.25) is 0 Å².